The van der Waals surface area contributed by atoms with E-state index in [2.05, 4.69) is 10.6 Å². The zero-order valence-corrected chi connectivity index (χ0v) is 16.2. The SMILES string of the molecule is CCOP(=O)(Cc1ccc(NC(=O)CNC(=O)c2ccco2)cc1)OCC. The molecule has 9 heteroatoms. The standard InChI is InChI=1S/C18H23N2O6P/c1-3-25-27(23,26-4-2)13-14-7-9-15(10-8-14)20-17(21)12-19-18(22)16-6-5-11-24-16/h5-11H,3-4,12-13H2,1-2H3,(H,19,22)(H,20,21). The lowest BCUT2D eigenvalue weighted by Gasteiger charge is -2.17. The molecule has 1 aromatic heterocycles. The predicted octanol–water partition coefficient (Wildman–Crippen LogP) is 3.41. The van der Waals surface area contributed by atoms with Crippen LogP contribution in [0.1, 0.15) is 30.0 Å². The molecule has 0 atom stereocenters. The molecule has 0 bridgehead atoms. The van der Waals surface area contributed by atoms with Gasteiger partial charge in [0.1, 0.15) is 0 Å². The normalized spacial score (nSPS) is 11.2. The zero-order valence-electron chi connectivity index (χ0n) is 15.3. The Kier molecular flexibility index (Phi) is 7.79. The summed E-state index contributed by atoms with van der Waals surface area (Å²) in [6.45, 7) is 3.93. The van der Waals surface area contributed by atoms with E-state index < -0.39 is 13.5 Å². The number of benzene rings is 1. The Morgan fingerprint density at radius 1 is 1.07 bits per heavy atom. The molecule has 0 spiro atoms. The number of nitrogens with one attached hydrogen (secondary N) is 2. The van der Waals surface area contributed by atoms with Crippen LogP contribution in [0.4, 0.5) is 5.69 Å². The average Bonchev–Trinajstić information content (AvgIpc) is 3.16. The summed E-state index contributed by atoms with van der Waals surface area (Å²) in [4.78, 5) is 23.6. The van der Waals surface area contributed by atoms with Gasteiger partial charge in [-0.3, -0.25) is 14.2 Å². The Labute approximate surface area is 157 Å². The summed E-state index contributed by atoms with van der Waals surface area (Å²) in [7, 11) is -3.17. The van der Waals surface area contributed by atoms with Gasteiger partial charge in [-0.05, 0) is 43.7 Å². The predicted molar refractivity (Wildman–Crippen MR) is 101 cm³/mol. The molecule has 0 radical (unpaired) electrons. The largest absolute Gasteiger partial charge is 0.459 e. The summed E-state index contributed by atoms with van der Waals surface area (Å²) in [5, 5.41) is 5.13. The van der Waals surface area contributed by atoms with Crippen LogP contribution in [0, 0.1) is 0 Å². The van der Waals surface area contributed by atoms with Crippen LogP contribution in [0.3, 0.4) is 0 Å². The monoisotopic (exact) mass is 394 g/mol. The van der Waals surface area contributed by atoms with Gasteiger partial charge in [0, 0.05) is 5.69 Å². The minimum absolute atomic E-state index is 0.139. The molecule has 146 valence electrons. The fourth-order valence-electron chi connectivity index (χ4n) is 2.30. The molecule has 0 aliphatic carbocycles. The lowest BCUT2D eigenvalue weighted by atomic mass is 10.2. The van der Waals surface area contributed by atoms with E-state index in [4.69, 9.17) is 13.5 Å². The van der Waals surface area contributed by atoms with Crippen molar-refractivity contribution in [1.29, 1.82) is 0 Å². The van der Waals surface area contributed by atoms with Crippen molar-refractivity contribution in [2.75, 3.05) is 25.1 Å². The molecule has 0 saturated heterocycles. The molecule has 2 aromatic rings. The fraction of sp³-hybridized carbons (Fsp3) is 0.333. The smallest absolute Gasteiger partial charge is 0.335 e. The Bertz CT molecular complexity index is 779. The van der Waals surface area contributed by atoms with Gasteiger partial charge in [-0.15, -0.1) is 0 Å². The molecule has 0 unspecified atom stereocenters. The third kappa shape index (κ3) is 6.67. The fourth-order valence-corrected chi connectivity index (χ4v) is 4.00. The summed E-state index contributed by atoms with van der Waals surface area (Å²) in [6, 6.07) is 9.94. The number of hydrogen-bond donors (Lipinski definition) is 2. The van der Waals surface area contributed by atoms with Crippen molar-refractivity contribution in [1.82, 2.24) is 5.32 Å². The Hall–Kier alpha value is -2.41. The highest BCUT2D eigenvalue weighted by Gasteiger charge is 2.23. The minimum Gasteiger partial charge on any atom is -0.459 e. The van der Waals surface area contributed by atoms with Gasteiger partial charge in [0.2, 0.25) is 5.91 Å². The third-order valence-electron chi connectivity index (χ3n) is 3.42. The summed E-state index contributed by atoms with van der Waals surface area (Å²) >= 11 is 0. The molecule has 0 aliphatic heterocycles. The van der Waals surface area contributed by atoms with Crippen LogP contribution in [0.5, 0.6) is 0 Å². The van der Waals surface area contributed by atoms with E-state index >= 15 is 0 Å². The Morgan fingerprint density at radius 2 is 1.74 bits per heavy atom. The first-order chi connectivity index (χ1) is 13.0. The second-order valence-corrected chi connectivity index (χ2v) is 7.56. The Morgan fingerprint density at radius 3 is 2.30 bits per heavy atom. The first-order valence-electron chi connectivity index (χ1n) is 8.54. The van der Waals surface area contributed by atoms with Crippen molar-refractivity contribution in [2.24, 2.45) is 0 Å². The quantitative estimate of drug-likeness (QED) is 0.598. The van der Waals surface area contributed by atoms with Gasteiger partial charge < -0.3 is 24.1 Å². The van der Waals surface area contributed by atoms with E-state index in [1.54, 1.807) is 44.2 Å². The minimum atomic E-state index is -3.17. The number of amides is 2. The number of furan rings is 1. The van der Waals surface area contributed by atoms with Crippen LogP contribution in [-0.2, 0) is 24.6 Å². The Balaban J connectivity index is 1.86. The summed E-state index contributed by atoms with van der Waals surface area (Å²) in [6.07, 6.45) is 1.54. The highest BCUT2D eigenvalue weighted by atomic mass is 31.2. The van der Waals surface area contributed by atoms with E-state index in [9.17, 15) is 14.2 Å². The zero-order chi connectivity index (χ0) is 19.7. The van der Waals surface area contributed by atoms with E-state index in [1.165, 1.54) is 12.3 Å². The second-order valence-electron chi connectivity index (χ2n) is 5.51. The van der Waals surface area contributed by atoms with Crippen molar-refractivity contribution < 1.29 is 27.6 Å². The van der Waals surface area contributed by atoms with Gasteiger partial charge >= 0.3 is 7.60 Å². The van der Waals surface area contributed by atoms with Crippen LogP contribution < -0.4 is 10.6 Å². The topological polar surface area (TPSA) is 107 Å². The first kappa shape index (κ1) is 20.9. The molecule has 0 saturated carbocycles. The van der Waals surface area contributed by atoms with Gasteiger partial charge in [0.15, 0.2) is 5.76 Å². The molecule has 2 rings (SSSR count). The van der Waals surface area contributed by atoms with E-state index in [0.717, 1.165) is 5.56 Å². The van der Waals surface area contributed by atoms with Gasteiger partial charge in [0.25, 0.3) is 5.91 Å². The number of anilines is 1. The molecular weight excluding hydrogens is 371 g/mol. The molecule has 2 amide bonds. The van der Waals surface area contributed by atoms with Crippen molar-refractivity contribution in [2.45, 2.75) is 20.0 Å². The van der Waals surface area contributed by atoms with Crippen LogP contribution in [-0.4, -0.2) is 31.6 Å². The van der Waals surface area contributed by atoms with E-state index in [0.29, 0.717) is 18.9 Å². The number of carbonyl (C=O) groups excluding carboxylic acids is 2. The van der Waals surface area contributed by atoms with Crippen molar-refractivity contribution >= 4 is 25.1 Å². The molecular formula is C18H23N2O6P. The number of carbonyl (C=O) groups is 2. The second kappa shape index (κ2) is 10.1. The lowest BCUT2D eigenvalue weighted by molar-refractivity contribution is -0.115. The third-order valence-corrected chi connectivity index (χ3v) is 5.48. The van der Waals surface area contributed by atoms with Gasteiger partial charge in [0.05, 0.1) is 32.2 Å². The molecule has 0 aliphatic rings. The van der Waals surface area contributed by atoms with Gasteiger partial charge in [-0.1, -0.05) is 12.1 Å². The maximum absolute atomic E-state index is 12.5. The van der Waals surface area contributed by atoms with Crippen molar-refractivity contribution in [3.63, 3.8) is 0 Å². The van der Waals surface area contributed by atoms with Crippen molar-refractivity contribution in [3.8, 4) is 0 Å². The highest BCUT2D eigenvalue weighted by Crippen LogP contribution is 2.51. The molecule has 0 fully saturated rings. The number of hydrogen-bond acceptors (Lipinski definition) is 6. The lowest BCUT2D eigenvalue weighted by Crippen LogP contribution is -2.32. The number of rotatable bonds is 10. The molecule has 8 nitrogen and oxygen atoms in total. The maximum Gasteiger partial charge on any atom is 0.335 e. The van der Waals surface area contributed by atoms with Crippen LogP contribution in [0.25, 0.3) is 0 Å². The average molecular weight is 394 g/mol. The van der Waals surface area contributed by atoms with Crippen molar-refractivity contribution in [3.05, 3.63) is 54.0 Å². The van der Waals surface area contributed by atoms with Crippen LogP contribution in [0.15, 0.2) is 47.1 Å². The van der Waals surface area contributed by atoms with Crippen LogP contribution in [0.2, 0.25) is 0 Å². The summed E-state index contributed by atoms with van der Waals surface area (Å²) in [5.41, 5.74) is 1.32. The molecule has 2 N–H and O–H groups in total. The van der Waals surface area contributed by atoms with Gasteiger partial charge in [-0.2, -0.15) is 0 Å². The summed E-state index contributed by atoms with van der Waals surface area (Å²) < 4.78 is 28.0. The molecule has 1 heterocycles. The molecule has 27 heavy (non-hydrogen) atoms. The van der Waals surface area contributed by atoms with E-state index in [1.807, 2.05) is 0 Å². The highest BCUT2D eigenvalue weighted by molar-refractivity contribution is 7.53. The summed E-state index contributed by atoms with van der Waals surface area (Å²) in [5.74, 6) is -0.703. The first-order valence-corrected chi connectivity index (χ1v) is 10.3. The molecule has 1 aromatic carbocycles. The van der Waals surface area contributed by atoms with E-state index in [-0.39, 0.29) is 24.4 Å². The van der Waals surface area contributed by atoms with Gasteiger partial charge in [-0.25, -0.2) is 0 Å². The van der Waals surface area contributed by atoms with Crippen LogP contribution >= 0.6 is 7.60 Å². The maximum atomic E-state index is 12.5.